The number of carbonyl (C=O) groups excluding carboxylic acids is 3. The van der Waals surface area contributed by atoms with E-state index in [1.165, 1.54) is 35.6 Å². The molecule has 2 aromatic rings. The molecule has 1 saturated heterocycles. The van der Waals surface area contributed by atoms with Gasteiger partial charge in [-0.3, -0.25) is 4.79 Å². The number of ether oxygens (including phenoxy) is 1. The maximum absolute atomic E-state index is 13.0. The van der Waals surface area contributed by atoms with Gasteiger partial charge in [0.05, 0.1) is 6.61 Å². The maximum atomic E-state index is 13.0. The molecule has 31 heavy (non-hydrogen) atoms. The Morgan fingerprint density at radius 2 is 2.03 bits per heavy atom. The number of hydrogen-bond donors (Lipinski definition) is 2. The first kappa shape index (κ1) is 22.6. The van der Waals surface area contributed by atoms with E-state index in [-0.39, 0.29) is 23.6 Å². The number of nitrogens with zero attached hydrogens (tertiary/aromatic N) is 3. The minimum Gasteiger partial charge on any atom is -0.464 e. The van der Waals surface area contributed by atoms with Crippen molar-refractivity contribution < 1.29 is 23.5 Å². The van der Waals surface area contributed by atoms with Crippen LogP contribution in [0.2, 0.25) is 0 Å². The number of anilines is 1. The van der Waals surface area contributed by atoms with Crippen molar-refractivity contribution in [2.75, 3.05) is 25.0 Å². The van der Waals surface area contributed by atoms with Crippen LogP contribution in [0.5, 0.6) is 0 Å². The minimum absolute atomic E-state index is 0.0535. The second-order valence-electron chi connectivity index (χ2n) is 7.11. The average molecular weight is 450 g/mol. The molecule has 2 atom stereocenters. The largest absolute Gasteiger partial charge is 0.464 e. The van der Waals surface area contributed by atoms with Crippen molar-refractivity contribution >= 4 is 34.9 Å². The van der Waals surface area contributed by atoms with Crippen molar-refractivity contribution in [2.45, 2.75) is 38.6 Å². The zero-order valence-corrected chi connectivity index (χ0v) is 18.1. The van der Waals surface area contributed by atoms with Crippen LogP contribution in [0.1, 0.15) is 47.4 Å². The first-order valence-electron chi connectivity index (χ1n) is 9.99. The molecule has 2 heterocycles. The number of rotatable bonds is 6. The van der Waals surface area contributed by atoms with Crippen molar-refractivity contribution in [2.24, 2.45) is 0 Å². The van der Waals surface area contributed by atoms with E-state index >= 15 is 0 Å². The van der Waals surface area contributed by atoms with E-state index in [1.807, 2.05) is 0 Å². The molecule has 1 fully saturated rings. The molecule has 1 aliphatic heterocycles. The number of carbonyl (C=O) groups is 3. The summed E-state index contributed by atoms with van der Waals surface area (Å²) in [5, 5.41) is 14.3. The van der Waals surface area contributed by atoms with Crippen LogP contribution >= 0.6 is 11.3 Å². The molecule has 0 saturated carbocycles. The molecule has 3 amide bonds. The average Bonchev–Trinajstić information content (AvgIpc) is 3.26. The van der Waals surface area contributed by atoms with E-state index in [2.05, 4.69) is 20.8 Å². The number of benzene rings is 1. The molecule has 0 spiro atoms. The molecule has 0 aliphatic carbocycles. The highest BCUT2D eigenvalue weighted by Crippen LogP contribution is 2.29. The van der Waals surface area contributed by atoms with Crippen LogP contribution in [0.3, 0.4) is 0 Å². The number of nitrogens with one attached hydrogen (secondary N) is 2. The number of urea groups is 1. The molecule has 9 nitrogen and oxygen atoms in total. The van der Waals surface area contributed by atoms with E-state index in [4.69, 9.17) is 4.74 Å². The van der Waals surface area contributed by atoms with Crippen LogP contribution in [0.4, 0.5) is 14.9 Å². The van der Waals surface area contributed by atoms with Gasteiger partial charge in [0.15, 0.2) is 0 Å². The Kier molecular flexibility index (Phi) is 7.50. The van der Waals surface area contributed by atoms with Crippen molar-refractivity contribution in [3.05, 3.63) is 40.1 Å². The molecule has 0 unspecified atom stereocenters. The molecule has 11 heteroatoms. The van der Waals surface area contributed by atoms with Gasteiger partial charge in [-0.05, 0) is 51.0 Å². The predicted molar refractivity (Wildman–Crippen MR) is 112 cm³/mol. The standard InChI is InChI=1S/C20H24FN5O4S/c1-3-30-19(28)12(2)22-20(29)26-10-4-5-13(11-26)17-24-25-18(31-17)16(27)23-15-8-6-14(21)7-9-15/h6-9,12-13H,3-5,10-11H2,1-2H3,(H,22,29)(H,23,27)/t12-,13+/m1/s1. The number of aromatic nitrogens is 2. The summed E-state index contributed by atoms with van der Waals surface area (Å²) in [6.07, 6.45) is 1.58. The second-order valence-corrected chi connectivity index (χ2v) is 8.12. The normalized spacial score (nSPS) is 17.0. The van der Waals surface area contributed by atoms with Crippen molar-refractivity contribution in [3.63, 3.8) is 0 Å². The van der Waals surface area contributed by atoms with E-state index in [0.29, 0.717) is 23.8 Å². The van der Waals surface area contributed by atoms with Gasteiger partial charge in [-0.15, -0.1) is 10.2 Å². The third-order valence-electron chi connectivity index (χ3n) is 4.77. The van der Waals surface area contributed by atoms with Gasteiger partial charge in [-0.1, -0.05) is 11.3 Å². The Morgan fingerprint density at radius 1 is 1.29 bits per heavy atom. The molecule has 0 radical (unpaired) electrons. The fourth-order valence-corrected chi connectivity index (χ4v) is 4.04. The Morgan fingerprint density at radius 3 is 2.74 bits per heavy atom. The van der Waals surface area contributed by atoms with Gasteiger partial charge in [0.25, 0.3) is 5.91 Å². The van der Waals surface area contributed by atoms with Crippen LogP contribution in [0.25, 0.3) is 0 Å². The van der Waals surface area contributed by atoms with Crippen LogP contribution < -0.4 is 10.6 Å². The molecule has 1 aromatic heterocycles. The number of piperidine rings is 1. The molecule has 0 bridgehead atoms. The molecule has 3 rings (SSSR count). The number of halogens is 1. The summed E-state index contributed by atoms with van der Waals surface area (Å²) >= 11 is 1.17. The first-order chi connectivity index (χ1) is 14.9. The summed E-state index contributed by atoms with van der Waals surface area (Å²) in [4.78, 5) is 38.3. The Bertz CT molecular complexity index is 936. The van der Waals surface area contributed by atoms with Crippen LogP contribution in [0.15, 0.2) is 24.3 Å². The van der Waals surface area contributed by atoms with Gasteiger partial charge in [0.1, 0.15) is 16.9 Å². The van der Waals surface area contributed by atoms with Gasteiger partial charge in [-0.2, -0.15) is 0 Å². The highest BCUT2D eigenvalue weighted by atomic mass is 32.1. The lowest BCUT2D eigenvalue weighted by Gasteiger charge is -2.32. The summed E-state index contributed by atoms with van der Waals surface area (Å²) in [5.74, 6) is -1.35. The summed E-state index contributed by atoms with van der Waals surface area (Å²) in [7, 11) is 0. The summed E-state index contributed by atoms with van der Waals surface area (Å²) in [6, 6.07) is 4.35. The molecular formula is C20H24FN5O4S. The fourth-order valence-electron chi connectivity index (χ4n) is 3.17. The van der Waals surface area contributed by atoms with Crippen LogP contribution in [-0.2, 0) is 9.53 Å². The number of likely N-dealkylation sites (tertiary alicyclic amines) is 1. The van der Waals surface area contributed by atoms with E-state index in [0.717, 1.165) is 12.8 Å². The monoisotopic (exact) mass is 449 g/mol. The lowest BCUT2D eigenvalue weighted by atomic mass is 9.99. The van der Waals surface area contributed by atoms with Crippen molar-refractivity contribution in [1.82, 2.24) is 20.4 Å². The van der Waals surface area contributed by atoms with Crippen molar-refractivity contribution in [1.29, 1.82) is 0 Å². The van der Waals surface area contributed by atoms with Crippen LogP contribution in [0, 0.1) is 5.82 Å². The number of hydrogen-bond acceptors (Lipinski definition) is 7. The topological polar surface area (TPSA) is 114 Å². The fraction of sp³-hybridized carbons (Fsp3) is 0.450. The van der Waals surface area contributed by atoms with E-state index in [9.17, 15) is 18.8 Å². The quantitative estimate of drug-likeness (QED) is 0.656. The van der Waals surface area contributed by atoms with Gasteiger partial charge in [-0.25, -0.2) is 14.0 Å². The molecule has 2 N–H and O–H groups in total. The molecule has 166 valence electrons. The number of esters is 1. The molecular weight excluding hydrogens is 425 g/mol. The van der Waals surface area contributed by atoms with Gasteiger partial charge in [0.2, 0.25) is 5.01 Å². The lowest BCUT2D eigenvalue weighted by Crippen LogP contribution is -2.49. The summed E-state index contributed by atoms with van der Waals surface area (Å²) in [6.45, 7) is 4.51. The maximum Gasteiger partial charge on any atom is 0.328 e. The van der Waals surface area contributed by atoms with Gasteiger partial charge in [0, 0.05) is 24.7 Å². The Labute approximate surface area is 183 Å². The SMILES string of the molecule is CCOC(=O)[C@@H](C)NC(=O)N1CCC[C@H](c2nnc(C(=O)Nc3ccc(F)cc3)s2)C1. The lowest BCUT2D eigenvalue weighted by molar-refractivity contribution is -0.144. The van der Waals surface area contributed by atoms with Gasteiger partial charge >= 0.3 is 12.0 Å². The van der Waals surface area contributed by atoms with Gasteiger partial charge < -0.3 is 20.3 Å². The smallest absolute Gasteiger partial charge is 0.328 e. The first-order valence-corrected chi connectivity index (χ1v) is 10.8. The third-order valence-corrected chi connectivity index (χ3v) is 5.86. The third kappa shape index (κ3) is 5.97. The zero-order valence-electron chi connectivity index (χ0n) is 17.3. The minimum atomic E-state index is -0.740. The number of amides is 3. The van der Waals surface area contributed by atoms with Crippen molar-refractivity contribution in [3.8, 4) is 0 Å². The Hall–Kier alpha value is -3.08. The molecule has 1 aromatic carbocycles. The highest BCUT2D eigenvalue weighted by Gasteiger charge is 2.29. The highest BCUT2D eigenvalue weighted by molar-refractivity contribution is 7.13. The van der Waals surface area contributed by atoms with Crippen LogP contribution in [-0.4, -0.2) is 58.7 Å². The second kappa shape index (κ2) is 10.3. The summed E-state index contributed by atoms with van der Waals surface area (Å²) in [5.41, 5.74) is 0.458. The molecule has 1 aliphatic rings. The Balaban J connectivity index is 1.58. The van der Waals surface area contributed by atoms with E-state index in [1.54, 1.807) is 18.7 Å². The summed E-state index contributed by atoms with van der Waals surface area (Å²) < 4.78 is 17.9. The predicted octanol–water partition coefficient (Wildman–Crippen LogP) is 2.77. The van der Waals surface area contributed by atoms with E-state index < -0.39 is 23.7 Å². The zero-order chi connectivity index (χ0) is 22.4.